The number of rotatable bonds is 3. The van der Waals surface area contributed by atoms with E-state index in [4.69, 9.17) is 15.3 Å². The maximum absolute atomic E-state index is 8.52. The second-order valence-corrected chi connectivity index (χ2v) is 2.18. The van der Waals surface area contributed by atoms with Gasteiger partial charge in [0.1, 0.15) is 0 Å². The highest BCUT2D eigenvalue weighted by Crippen LogP contribution is 2.12. The molecule has 3 heteroatoms. The lowest BCUT2D eigenvalue weighted by molar-refractivity contribution is 0.276. The summed E-state index contributed by atoms with van der Waals surface area (Å²) in [6.07, 6.45) is 3.76. The van der Waals surface area contributed by atoms with E-state index in [2.05, 4.69) is 0 Å². The molecule has 1 heterocycles. The molecule has 56 valence electrons. The van der Waals surface area contributed by atoms with Gasteiger partial charge in [-0.1, -0.05) is 0 Å². The summed E-state index contributed by atoms with van der Waals surface area (Å²) in [7, 11) is 0. The quantitative estimate of drug-likeness (QED) is 0.650. The molecule has 0 saturated heterocycles. The Balaban J connectivity index is 2.50. The monoisotopic (exact) mass is 141 g/mol. The number of nitrogens with two attached hydrogens (primary N) is 1. The standard InChI is InChI=1S/C7H11NO2/c8-7(1-3-9)6-2-4-10-5-6/h2,4-5,7,9H,1,3,8H2. The number of furan rings is 1. The number of aliphatic hydroxyl groups is 1. The fourth-order valence-electron chi connectivity index (χ4n) is 0.792. The highest BCUT2D eigenvalue weighted by molar-refractivity contribution is 5.10. The van der Waals surface area contributed by atoms with E-state index < -0.39 is 0 Å². The molecule has 0 aromatic carbocycles. The van der Waals surface area contributed by atoms with E-state index in [1.54, 1.807) is 18.6 Å². The van der Waals surface area contributed by atoms with Crippen molar-refractivity contribution in [2.75, 3.05) is 6.61 Å². The van der Waals surface area contributed by atoms with Crippen molar-refractivity contribution in [2.24, 2.45) is 5.73 Å². The average Bonchev–Trinajstić information content (AvgIpc) is 2.38. The van der Waals surface area contributed by atoms with Crippen LogP contribution in [0.15, 0.2) is 23.0 Å². The van der Waals surface area contributed by atoms with E-state index in [-0.39, 0.29) is 12.6 Å². The molecule has 0 aliphatic heterocycles. The number of aliphatic hydroxyl groups excluding tert-OH is 1. The summed E-state index contributed by atoms with van der Waals surface area (Å²) in [6, 6.07) is 1.71. The normalized spacial score (nSPS) is 13.4. The highest BCUT2D eigenvalue weighted by atomic mass is 16.3. The Morgan fingerprint density at radius 1 is 1.70 bits per heavy atom. The molecular weight excluding hydrogens is 130 g/mol. The van der Waals surface area contributed by atoms with Gasteiger partial charge in [0.25, 0.3) is 0 Å². The molecule has 0 bridgehead atoms. The van der Waals surface area contributed by atoms with Crippen molar-refractivity contribution in [2.45, 2.75) is 12.5 Å². The number of hydrogen-bond donors (Lipinski definition) is 2. The summed E-state index contributed by atoms with van der Waals surface area (Å²) in [5, 5.41) is 8.52. The van der Waals surface area contributed by atoms with Gasteiger partial charge in [0.05, 0.1) is 12.5 Å². The molecular formula is C7H11NO2. The minimum atomic E-state index is -0.0938. The van der Waals surface area contributed by atoms with Crippen LogP contribution in [0.2, 0.25) is 0 Å². The molecule has 0 radical (unpaired) electrons. The van der Waals surface area contributed by atoms with Gasteiger partial charge in [-0.2, -0.15) is 0 Å². The summed E-state index contributed by atoms with van der Waals surface area (Å²) in [5.41, 5.74) is 6.57. The van der Waals surface area contributed by atoms with Crippen LogP contribution in [-0.4, -0.2) is 11.7 Å². The van der Waals surface area contributed by atoms with Crippen LogP contribution in [0.25, 0.3) is 0 Å². The van der Waals surface area contributed by atoms with Gasteiger partial charge in [-0.15, -0.1) is 0 Å². The molecule has 0 amide bonds. The average molecular weight is 141 g/mol. The zero-order valence-corrected chi connectivity index (χ0v) is 5.66. The van der Waals surface area contributed by atoms with Gasteiger partial charge in [-0.25, -0.2) is 0 Å². The lowest BCUT2D eigenvalue weighted by Crippen LogP contribution is -2.10. The van der Waals surface area contributed by atoms with Crippen molar-refractivity contribution in [3.8, 4) is 0 Å². The smallest absolute Gasteiger partial charge is 0.0950 e. The van der Waals surface area contributed by atoms with Gasteiger partial charge < -0.3 is 15.3 Å². The van der Waals surface area contributed by atoms with Crippen LogP contribution in [0, 0.1) is 0 Å². The van der Waals surface area contributed by atoms with Crippen LogP contribution in [0.5, 0.6) is 0 Å². The summed E-state index contributed by atoms with van der Waals surface area (Å²) in [5.74, 6) is 0. The fraction of sp³-hybridized carbons (Fsp3) is 0.429. The van der Waals surface area contributed by atoms with Crippen molar-refractivity contribution in [3.63, 3.8) is 0 Å². The first-order chi connectivity index (χ1) is 4.84. The number of hydrogen-bond acceptors (Lipinski definition) is 3. The van der Waals surface area contributed by atoms with E-state index >= 15 is 0 Å². The largest absolute Gasteiger partial charge is 0.472 e. The summed E-state index contributed by atoms with van der Waals surface area (Å²) >= 11 is 0. The summed E-state index contributed by atoms with van der Waals surface area (Å²) in [4.78, 5) is 0. The van der Waals surface area contributed by atoms with Crippen LogP contribution in [0.1, 0.15) is 18.0 Å². The molecule has 3 nitrogen and oxygen atoms in total. The van der Waals surface area contributed by atoms with Crippen molar-refractivity contribution in [1.29, 1.82) is 0 Å². The van der Waals surface area contributed by atoms with Crippen molar-refractivity contribution in [3.05, 3.63) is 24.2 Å². The molecule has 1 rings (SSSR count). The predicted molar refractivity (Wildman–Crippen MR) is 37.3 cm³/mol. The minimum Gasteiger partial charge on any atom is -0.472 e. The second-order valence-electron chi connectivity index (χ2n) is 2.18. The lowest BCUT2D eigenvalue weighted by atomic mass is 10.1. The van der Waals surface area contributed by atoms with Crippen LogP contribution >= 0.6 is 0 Å². The Bertz CT molecular complexity index is 172. The highest BCUT2D eigenvalue weighted by Gasteiger charge is 2.04. The molecule has 0 aliphatic carbocycles. The maximum atomic E-state index is 8.52. The Morgan fingerprint density at radius 3 is 3.00 bits per heavy atom. The van der Waals surface area contributed by atoms with E-state index in [1.807, 2.05) is 0 Å². The van der Waals surface area contributed by atoms with E-state index in [9.17, 15) is 0 Å². The third kappa shape index (κ3) is 1.59. The van der Waals surface area contributed by atoms with Gasteiger partial charge in [0.15, 0.2) is 0 Å². The minimum absolute atomic E-state index is 0.0938. The predicted octanol–water partition coefficient (Wildman–Crippen LogP) is 0.662. The first kappa shape index (κ1) is 7.31. The van der Waals surface area contributed by atoms with E-state index in [0.29, 0.717) is 6.42 Å². The summed E-state index contributed by atoms with van der Waals surface area (Å²) in [6.45, 7) is 0.117. The fourth-order valence-corrected chi connectivity index (χ4v) is 0.792. The van der Waals surface area contributed by atoms with Crippen molar-refractivity contribution >= 4 is 0 Å². The van der Waals surface area contributed by atoms with Crippen LogP contribution in [0.4, 0.5) is 0 Å². The van der Waals surface area contributed by atoms with Crippen molar-refractivity contribution in [1.82, 2.24) is 0 Å². The molecule has 0 aliphatic rings. The Kier molecular flexibility index (Phi) is 2.48. The van der Waals surface area contributed by atoms with Crippen LogP contribution in [-0.2, 0) is 0 Å². The van der Waals surface area contributed by atoms with Gasteiger partial charge >= 0.3 is 0 Å². The molecule has 1 unspecified atom stereocenters. The molecule has 3 N–H and O–H groups in total. The van der Waals surface area contributed by atoms with Gasteiger partial charge in [0, 0.05) is 18.2 Å². The van der Waals surface area contributed by atoms with E-state index in [0.717, 1.165) is 5.56 Å². The Morgan fingerprint density at radius 2 is 2.50 bits per heavy atom. The van der Waals surface area contributed by atoms with Gasteiger partial charge in [-0.3, -0.25) is 0 Å². The SMILES string of the molecule is NC(CCO)c1ccoc1. The molecule has 10 heavy (non-hydrogen) atoms. The van der Waals surface area contributed by atoms with Gasteiger partial charge in [-0.05, 0) is 12.5 Å². The summed E-state index contributed by atoms with van der Waals surface area (Å²) < 4.78 is 4.82. The topological polar surface area (TPSA) is 59.4 Å². The second kappa shape index (κ2) is 3.39. The molecule has 1 atom stereocenters. The molecule has 1 aromatic heterocycles. The molecule has 1 aromatic rings. The van der Waals surface area contributed by atoms with Crippen LogP contribution in [0.3, 0.4) is 0 Å². The molecule has 0 spiro atoms. The zero-order valence-electron chi connectivity index (χ0n) is 5.66. The third-order valence-electron chi connectivity index (χ3n) is 1.41. The van der Waals surface area contributed by atoms with Crippen LogP contribution < -0.4 is 5.73 Å². The third-order valence-corrected chi connectivity index (χ3v) is 1.41. The Hall–Kier alpha value is -0.800. The Labute approximate surface area is 59.5 Å². The van der Waals surface area contributed by atoms with Crippen molar-refractivity contribution < 1.29 is 9.52 Å². The lowest BCUT2D eigenvalue weighted by Gasteiger charge is -2.04. The first-order valence-corrected chi connectivity index (χ1v) is 3.23. The molecule has 0 fully saturated rings. The zero-order chi connectivity index (χ0) is 7.40. The molecule has 0 saturated carbocycles. The van der Waals surface area contributed by atoms with Gasteiger partial charge in [0.2, 0.25) is 0 Å². The first-order valence-electron chi connectivity index (χ1n) is 3.23. The van der Waals surface area contributed by atoms with E-state index in [1.165, 1.54) is 0 Å². The maximum Gasteiger partial charge on any atom is 0.0950 e.